The van der Waals surface area contributed by atoms with Crippen LogP contribution < -0.4 is 9.47 Å². The number of alkyl halides is 6. The van der Waals surface area contributed by atoms with Gasteiger partial charge in [-0.1, -0.05) is 18.2 Å². The molecule has 2 unspecified atom stereocenters. The van der Waals surface area contributed by atoms with Crippen molar-refractivity contribution in [2.45, 2.75) is 35.0 Å². The SMILES string of the molecule is O=C(O)C(F)(F)F.O=C(O)C(F)(F)F.O=S1(=O)c2ccc(-c3cccnc3)cc2C2CN(Cc3ccc4c(c3)OCO4)CC21. The molecule has 0 saturated carbocycles. The summed E-state index contributed by atoms with van der Waals surface area (Å²) in [6.07, 6.45) is -6.62. The second-order valence-electron chi connectivity index (χ2n) is 9.67. The monoisotopic (exact) mass is 648 g/mol. The van der Waals surface area contributed by atoms with Crippen molar-refractivity contribution in [1.82, 2.24) is 9.88 Å². The van der Waals surface area contributed by atoms with Crippen LogP contribution in [0.25, 0.3) is 11.1 Å². The molecule has 3 aliphatic rings. The molecule has 6 rings (SSSR count). The van der Waals surface area contributed by atoms with E-state index in [-0.39, 0.29) is 18.0 Å². The molecule has 0 bridgehead atoms. The average molecular weight is 649 g/mol. The first-order valence-corrected chi connectivity index (χ1v) is 14.0. The fourth-order valence-corrected chi connectivity index (χ4v) is 7.06. The predicted octanol–water partition coefficient (Wildman–Crippen LogP) is 4.50. The van der Waals surface area contributed by atoms with E-state index in [2.05, 4.69) is 9.88 Å². The third kappa shape index (κ3) is 7.21. The van der Waals surface area contributed by atoms with E-state index in [1.807, 2.05) is 48.7 Å². The summed E-state index contributed by atoms with van der Waals surface area (Å²) in [5.41, 5.74) is 4.04. The number of pyridine rings is 1. The predicted molar refractivity (Wildman–Crippen MR) is 139 cm³/mol. The molecule has 10 nitrogen and oxygen atoms in total. The number of carboxylic acids is 2. The molecule has 3 aromatic rings. The molecule has 0 spiro atoms. The summed E-state index contributed by atoms with van der Waals surface area (Å²) in [5, 5.41) is 13.9. The van der Waals surface area contributed by atoms with Gasteiger partial charge in [-0.3, -0.25) is 9.88 Å². The first kappa shape index (κ1) is 32.5. The number of likely N-dealkylation sites (tertiary alicyclic amines) is 1. The van der Waals surface area contributed by atoms with E-state index >= 15 is 0 Å². The smallest absolute Gasteiger partial charge is 0.475 e. The van der Waals surface area contributed by atoms with Gasteiger partial charge in [0.2, 0.25) is 6.79 Å². The van der Waals surface area contributed by atoms with Crippen molar-refractivity contribution in [3.8, 4) is 22.6 Å². The van der Waals surface area contributed by atoms with E-state index in [0.29, 0.717) is 18.0 Å². The number of nitrogens with zero attached hydrogens (tertiary/aromatic N) is 2. The number of sulfone groups is 1. The van der Waals surface area contributed by atoms with Crippen LogP contribution in [0.15, 0.2) is 65.8 Å². The molecule has 1 saturated heterocycles. The molecule has 0 aliphatic carbocycles. The summed E-state index contributed by atoms with van der Waals surface area (Å²) < 4.78 is 101. The molecule has 1 fully saturated rings. The maximum absolute atomic E-state index is 13.2. The minimum atomic E-state index is -5.08. The second-order valence-corrected chi connectivity index (χ2v) is 11.8. The van der Waals surface area contributed by atoms with Gasteiger partial charge in [0.15, 0.2) is 21.3 Å². The van der Waals surface area contributed by atoms with Gasteiger partial charge in [0.05, 0.1) is 10.1 Å². The Morgan fingerprint density at radius 2 is 1.52 bits per heavy atom. The first-order valence-electron chi connectivity index (χ1n) is 12.5. The van der Waals surface area contributed by atoms with Gasteiger partial charge in [-0.15, -0.1) is 0 Å². The number of benzene rings is 2. The van der Waals surface area contributed by atoms with Crippen LogP contribution in [0.3, 0.4) is 0 Å². The van der Waals surface area contributed by atoms with Crippen molar-refractivity contribution < 1.29 is 64.0 Å². The van der Waals surface area contributed by atoms with Crippen LogP contribution in [0.2, 0.25) is 0 Å². The molecule has 0 amide bonds. The minimum Gasteiger partial charge on any atom is -0.475 e. The zero-order valence-electron chi connectivity index (χ0n) is 22.2. The molecular formula is C27H22F6N2O8S. The topological polar surface area (TPSA) is 143 Å². The van der Waals surface area contributed by atoms with E-state index in [1.165, 1.54) is 0 Å². The Labute approximate surface area is 245 Å². The lowest BCUT2D eigenvalue weighted by atomic mass is 9.95. The Hall–Kier alpha value is -4.38. The molecule has 0 radical (unpaired) electrons. The highest BCUT2D eigenvalue weighted by Gasteiger charge is 2.50. The zero-order chi connectivity index (χ0) is 32.4. The molecule has 2 N–H and O–H groups in total. The quantitative estimate of drug-likeness (QED) is 0.390. The second kappa shape index (κ2) is 12.3. The Morgan fingerprint density at radius 1 is 0.886 bits per heavy atom. The van der Waals surface area contributed by atoms with Gasteiger partial charge < -0.3 is 19.7 Å². The maximum atomic E-state index is 13.2. The van der Waals surface area contributed by atoms with Gasteiger partial charge in [0, 0.05) is 37.9 Å². The van der Waals surface area contributed by atoms with Crippen molar-refractivity contribution in [2.24, 2.45) is 0 Å². The number of aliphatic carboxylic acids is 2. The Morgan fingerprint density at radius 3 is 2.11 bits per heavy atom. The van der Waals surface area contributed by atoms with E-state index in [4.69, 9.17) is 29.3 Å². The third-order valence-corrected chi connectivity index (χ3v) is 9.04. The lowest BCUT2D eigenvalue weighted by Crippen LogP contribution is -2.25. The number of hydrogen-bond donors (Lipinski definition) is 2. The molecule has 2 aromatic carbocycles. The Balaban J connectivity index is 0.000000265. The Bertz CT molecular complexity index is 1620. The van der Waals surface area contributed by atoms with Crippen LogP contribution >= 0.6 is 0 Å². The number of rotatable bonds is 3. The summed E-state index contributed by atoms with van der Waals surface area (Å²) in [7, 11) is -3.32. The maximum Gasteiger partial charge on any atom is 0.490 e. The lowest BCUT2D eigenvalue weighted by Gasteiger charge is -2.18. The van der Waals surface area contributed by atoms with Crippen LogP contribution in [-0.2, 0) is 26.0 Å². The summed E-state index contributed by atoms with van der Waals surface area (Å²) in [4.78, 5) is 24.7. The molecule has 3 aliphatic heterocycles. The van der Waals surface area contributed by atoms with E-state index in [1.54, 1.807) is 12.3 Å². The minimum absolute atomic E-state index is 0.00404. The fraction of sp³-hybridized carbons (Fsp3) is 0.296. The van der Waals surface area contributed by atoms with Crippen LogP contribution in [0.1, 0.15) is 17.0 Å². The molecular weight excluding hydrogens is 626 g/mol. The number of hydrogen-bond acceptors (Lipinski definition) is 8. The van der Waals surface area contributed by atoms with Crippen molar-refractivity contribution in [3.05, 3.63) is 72.1 Å². The third-order valence-electron chi connectivity index (χ3n) is 6.78. The highest BCUT2D eigenvalue weighted by Crippen LogP contribution is 2.46. The highest BCUT2D eigenvalue weighted by molar-refractivity contribution is 7.92. The summed E-state index contributed by atoms with van der Waals surface area (Å²) in [6.45, 7) is 2.21. The van der Waals surface area contributed by atoms with Gasteiger partial charge in [-0.05, 0) is 52.6 Å². The van der Waals surface area contributed by atoms with Crippen molar-refractivity contribution in [2.75, 3.05) is 19.9 Å². The van der Waals surface area contributed by atoms with Gasteiger partial charge in [0.1, 0.15) is 0 Å². The Kier molecular flexibility index (Phi) is 9.11. The van der Waals surface area contributed by atoms with Crippen molar-refractivity contribution >= 4 is 21.8 Å². The number of ether oxygens (including phenoxy) is 2. The average Bonchev–Trinajstić information content (AvgIpc) is 3.64. The van der Waals surface area contributed by atoms with Gasteiger partial charge in [-0.25, -0.2) is 18.0 Å². The standard InChI is InChI=1S/C23H20N2O4S.2C2HF3O2/c26-30(27)22-6-4-16(17-2-1-7-24-10-17)9-18(22)19-12-25(13-23(19)30)11-15-3-5-20-21(8-15)29-14-28-20;2*3-2(4,5)1(6)7/h1-10,19,23H,11-14H2;2*(H,6,7). The molecule has 2 atom stereocenters. The molecule has 17 heteroatoms. The summed E-state index contributed by atoms with van der Waals surface area (Å²) in [6, 6.07) is 15.5. The largest absolute Gasteiger partial charge is 0.490 e. The van der Waals surface area contributed by atoms with E-state index < -0.39 is 34.1 Å². The van der Waals surface area contributed by atoms with Gasteiger partial charge in [0.25, 0.3) is 0 Å². The number of aromatic nitrogens is 1. The number of carboxylic acid groups (broad SMARTS) is 2. The van der Waals surface area contributed by atoms with Gasteiger partial charge >= 0.3 is 24.3 Å². The normalized spacial score (nSPS) is 19.5. The highest BCUT2D eigenvalue weighted by atomic mass is 32.2. The fourth-order valence-electron chi connectivity index (χ4n) is 4.87. The van der Waals surface area contributed by atoms with Crippen molar-refractivity contribution in [1.29, 1.82) is 0 Å². The van der Waals surface area contributed by atoms with Crippen LogP contribution in [0, 0.1) is 0 Å². The lowest BCUT2D eigenvalue weighted by molar-refractivity contribution is -0.193. The number of carbonyl (C=O) groups is 2. The van der Waals surface area contributed by atoms with E-state index in [0.717, 1.165) is 40.3 Å². The molecule has 4 heterocycles. The van der Waals surface area contributed by atoms with E-state index in [9.17, 15) is 34.8 Å². The first-order chi connectivity index (χ1) is 20.5. The number of halogens is 6. The van der Waals surface area contributed by atoms with Gasteiger partial charge in [-0.2, -0.15) is 26.3 Å². The summed E-state index contributed by atoms with van der Waals surface area (Å²) >= 11 is 0. The van der Waals surface area contributed by atoms with Crippen LogP contribution in [0.4, 0.5) is 26.3 Å². The van der Waals surface area contributed by atoms with Crippen LogP contribution in [-0.4, -0.2) is 77.9 Å². The molecule has 44 heavy (non-hydrogen) atoms. The van der Waals surface area contributed by atoms with Crippen LogP contribution in [0.5, 0.6) is 11.5 Å². The molecule has 1 aromatic heterocycles. The molecule has 236 valence electrons. The van der Waals surface area contributed by atoms with Crippen molar-refractivity contribution in [3.63, 3.8) is 0 Å². The zero-order valence-corrected chi connectivity index (χ0v) is 23.0. The number of fused-ring (bicyclic) bond motifs is 4. The summed E-state index contributed by atoms with van der Waals surface area (Å²) in [5.74, 6) is -4.00.